The summed E-state index contributed by atoms with van der Waals surface area (Å²) in [5, 5.41) is 0. The summed E-state index contributed by atoms with van der Waals surface area (Å²) in [4.78, 5) is 34.4. The predicted molar refractivity (Wildman–Crippen MR) is 128 cm³/mol. The van der Waals surface area contributed by atoms with E-state index >= 15 is 0 Å². The van der Waals surface area contributed by atoms with Crippen molar-refractivity contribution in [3.05, 3.63) is 51.4 Å². The van der Waals surface area contributed by atoms with E-state index in [2.05, 4.69) is 28.6 Å². The van der Waals surface area contributed by atoms with Crippen molar-refractivity contribution in [2.45, 2.75) is 65.6 Å². The van der Waals surface area contributed by atoms with Gasteiger partial charge in [-0.1, -0.05) is 0 Å². The number of hydrogen-bond donors (Lipinski definition) is 0. The first-order chi connectivity index (χ1) is 15.1. The average molecular weight is 444 g/mol. The van der Waals surface area contributed by atoms with Crippen molar-refractivity contribution in [1.82, 2.24) is 19.0 Å². The molecule has 8 nitrogen and oxygen atoms in total. The Labute approximate surface area is 190 Å². The maximum atomic E-state index is 13.0. The molecule has 0 atom stereocenters. The van der Waals surface area contributed by atoms with Crippen molar-refractivity contribution < 1.29 is 4.74 Å². The molecule has 1 aliphatic rings. The van der Waals surface area contributed by atoms with E-state index in [1.165, 1.54) is 4.57 Å². The molecule has 1 saturated heterocycles. The molecule has 3 heterocycles. The summed E-state index contributed by atoms with van der Waals surface area (Å²) in [7, 11) is 0. The Balaban J connectivity index is 1.65. The normalized spacial score (nSPS) is 15.6. The van der Waals surface area contributed by atoms with Gasteiger partial charge in [0.25, 0.3) is 5.56 Å². The van der Waals surface area contributed by atoms with Crippen molar-refractivity contribution in [3.8, 4) is 5.75 Å². The van der Waals surface area contributed by atoms with Crippen LogP contribution in [0.25, 0.3) is 0 Å². The van der Waals surface area contributed by atoms with E-state index in [1.807, 2.05) is 39.8 Å². The minimum Gasteiger partial charge on any atom is -0.486 e. The molecule has 0 unspecified atom stereocenters. The third kappa shape index (κ3) is 5.59. The fourth-order valence-corrected chi connectivity index (χ4v) is 4.17. The van der Waals surface area contributed by atoms with Crippen LogP contribution in [0, 0.1) is 0 Å². The van der Waals surface area contributed by atoms with E-state index in [4.69, 9.17) is 4.74 Å². The van der Waals surface area contributed by atoms with Crippen LogP contribution in [0.15, 0.2) is 40.2 Å². The fourth-order valence-electron chi connectivity index (χ4n) is 4.17. The molecule has 0 aromatic carbocycles. The van der Waals surface area contributed by atoms with Gasteiger partial charge in [-0.2, -0.15) is 0 Å². The second-order valence-electron chi connectivity index (χ2n) is 9.68. The minimum absolute atomic E-state index is 0.0217. The molecule has 0 radical (unpaired) electrons. The highest BCUT2D eigenvalue weighted by molar-refractivity contribution is 5.39. The van der Waals surface area contributed by atoms with Crippen molar-refractivity contribution >= 4 is 5.82 Å². The van der Waals surface area contributed by atoms with E-state index < -0.39 is 0 Å². The standard InChI is InChI=1S/C24H37N5O3/c1-18(2)28-21(16-22(30)29(19(3)4)23(28)31)27-14-12-26(13-15-27)11-9-24(5,6)32-20-8-7-10-25-17-20/h7-8,10,16-19H,9,11-15H2,1-6H3. The van der Waals surface area contributed by atoms with Crippen LogP contribution in [0.2, 0.25) is 0 Å². The van der Waals surface area contributed by atoms with Gasteiger partial charge in [-0.05, 0) is 60.1 Å². The molecular formula is C24H37N5O3. The van der Waals surface area contributed by atoms with Crippen LogP contribution in [0.4, 0.5) is 5.82 Å². The first-order valence-corrected chi connectivity index (χ1v) is 11.5. The Morgan fingerprint density at radius 2 is 1.69 bits per heavy atom. The maximum Gasteiger partial charge on any atom is 0.333 e. The quantitative estimate of drug-likeness (QED) is 0.625. The third-order valence-electron chi connectivity index (χ3n) is 5.94. The van der Waals surface area contributed by atoms with Gasteiger partial charge >= 0.3 is 5.69 Å². The smallest absolute Gasteiger partial charge is 0.333 e. The van der Waals surface area contributed by atoms with Gasteiger partial charge < -0.3 is 9.64 Å². The van der Waals surface area contributed by atoms with E-state index in [0.717, 1.165) is 50.7 Å². The summed E-state index contributed by atoms with van der Waals surface area (Å²) in [5.74, 6) is 1.51. The SMILES string of the molecule is CC(C)n1c(N2CCN(CCC(C)(C)Oc3cccnc3)CC2)cc(=O)n(C(C)C)c1=O. The minimum atomic E-state index is -0.292. The summed E-state index contributed by atoms with van der Waals surface area (Å²) in [6.07, 6.45) is 4.37. The van der Waals surface area contributed by atoms with Gasteiger partial charge in [0.15, 0.2) is 0 Å². The highest BCUT2D eigenvalue weighted by atomic mass is 16.5. The molecule has 0 N–H and O–H groups in total. The van der Waals surface area contributed by atoms with Gasteiger partial charge in [0.2, 0.25) is 0 Å². The van der Waals surface area contributed by atoms with Crippen LogP contribution < -0.4 is 20.9 Å². The molecule has 0 bridgehead atoms. The van der Waals surface area contributed by atoms with Crippen molar-refractivity contribution in [2.24, 2.45) is 0 Å². The maximum absolute atomic E-state index is 13.0. The number of ether oxygens (including phenoxy) is 1. The summed E-state index contributed by atoms with van der Waals surface area (Å²) in [6.45, 7) is 16.1. The van der Waals surface area contributed by atoms with Gasteiger partial charge in [-0.15, -0.1) is 0 Å². The van der Waals surface area contributed by atoms with Gasteiger partial charge in [0.05, 0.1) is 6.20 Å². The molecular weight excluding hydrogens is 406 g/mol. The van der Waals surface area contributed by atoms with Crippen LogP contribution in [0.5, 0.6) is 5.75 Å². The number of pyridine rings is 1. The molecule has 32 heavy (non-hydrogen) atoms. The zero-order chi connectivity index (χ0) is 23.5. The van der Waals surface area contributed by atoms with Crippen LogP contribution in [0.3, 0.4) is 0 Å². The molecule has 1 fully saturated rings. The first kappa shape index (κ1) is 24.0. The topological polar surface area (TPSA) is 72.6 Å². The molecule has 0 amide bonds. The molecule has 0 saturated carbocycles. The number of rotatable bonds is 8. The lowest BCUT2D eigenvalue weighted by Gasteiger charge is -2.38. The molecule has 1 aliphatic heterocycles. The largest absolute Gasteiger partial charge is 0.486 e. The number of aromatic nitrogens is 3. The second kappa shape index (κ2) is 9.90. The molecule has 2 aromatic heterocycles. The van der Waals surface area contributed by atoms with Gasteiger partial charge in [-0.3, -0.25) is 23.8 Å². The van der Waals surface area contributed by atoms with Crippen LogP contribution in [-0.4, -0.2) is 57.3 Å². The number of nitrogens with zero attached hydrogens (tertiary/aromatic N) is 5. The monoisotopic (exact) mass is 443 g/mol. The molecule has 0 aliphatic carbocycles. The van der Waals surface area contributed by atoms with Crippen molar-refractivity contribution in [3.63, 3.8) is 0 Å². The summed E-state index contributed by atoms with van der Waals surface area (Å²) >= 11 is 0. The Kier molecular flexibility index (Phi) is 7.44. The zero-order valence-electron chi connectivity index (χ0n) is 20.2. The van der Waals surface area contributed by atoms with E-state index in [9.17, 15) is 9.59 Å². The predicted octanol–water partition coefficient (Wildman–Crippen LogP) is 2.94. The highest BCUT2D eigenvalue weighted by Crippen LogP contribution is 2.22. The Hall–Kier alpha value is -2.61. The van der Waals surface area contributed by atoms with E-state index in [0.29, 0.717) is 0 Å². The summed E-state index contributed by atoms with van der Waals surface area (Å²) in [6, 6.07) is 5.24. The lowest BCUT2D eigenvalue weighted by molar-refractivity contribution is 0.0816. The zero-order valence-corrected chi connectivity index (χ0v) is 20.2. The lowest BCUT2D eigenvalue weighted by Crippen LogP contribution is -2.51. The van der Waals surface area contributed by atoms with Crippen LogP contribution >= 0.6 is 0 Å². The third-order valence-corrected chi connectivity index (χ3v) is 5.94. The van der Waals surface area contributed by atoms with E-state index in [1.54, 1.807) is 23.0 Å². The van der Waals surface area contributed by atoms with Crippen LogP contribution in [0.1, 0.15) is 60.0 Å². The molecule has 176 valence electrons. The van der Waals surface area contributed by atoms with E-state index in [-0.39, 0.29) is 28.9 Å². The average Bonchev–Trinajstić information content (AvgIpc) is 2.72. The Morgan fingerprint density at radius 3 is 2.25 bits per heavy atom. The Morgan fingerprint density at radius 1 is 1.03 bits per heavy atom. The lowest BCUT2D eigenvalue weighted by atomic mass is 10.0. The summed E-state index contributed by atoms with van der Waals surface area (Å²) in [5.41, 5.74) is -0.748. The molecule has 3 rings (SSSR count). The molecule has 0 spiro atoms. The molecule has 8 heteroatoms. The number of anilines is 1. The number of hydrogen-bond acceptors (Lipinski definition) is 6. The Bertz CT molecular complexity index is 1000. The molecule has 2 aromatic rings. The second-order valence-corrected chi connectivity index (χ2v) is 9.68. The fraction of sp³-hybridized carbons (Fsp3) is 0.625. The van der Waals surface area contributed by atoms with Crippen molar-refractivity contribution in [2.75, 3.05) is 37.6 Å². The summed E-state index contributed by atoms with van der Waals surface area (Å²) < 4.78 is 9.20. The van der Waals surface area contributed by atoms with Gasteiger partial charge in [0.1, 0.15) is 17.2 Å². The van der Waals surface area contributed by atoms with Crippen LogP contribution in [-0.2, 0) is 0 Å². The first-order valence-electron chi connectivity index (χ1n) is 11.5. The number of piperazine rings is 1. The van der Waals surface area contributed by atoms with Gasteiger partial charge in [-0.25, -0.2) is 4.79 Å². The van der Waals surface area contributed by atoms with Gasteiger partial charge in [0, 0.05) is 57.1 Å². The highest BCUT2D eigenvalue weighted by Gasteiger charge is 2.26. The van der Waals surface area contributed by atoms with Crippen molar-refractivity contribution in [1.29, 1.82) is 0 Å².